The molecular weight excluding hydrogens is 224 g/mol. The molecule has 0 spiro atoms. The number of nitrogens with two attached hydrogens (primary N) is 1. The van der Waals surface area contributed by atoms with Crippen LogP contribution in [-0.4, -0.2) is 33.9 Å². The Morgan fingerprint density at radius 3 is 2.83 bits per heavy atom. The summed E-state index contributed by atoms with van der Waals surface area (Å²) in [5.74, 6) is 1.11. The van der Waals surface area contributed by atoms with Crippen molar-refractivity contribution >= 4 is 11.2 Å². The third-order valence-electron chi connectivity index (χ3n) is 3.73. The lowest BCUT2D eigenvalue weighted by Gasteiger charge is -2.25. The van der Waals surface area contributed by atoms with Crippen LogP contribution >= 0.6 is 0 Å². The van der Waals surface area contributed by atoms with Crippen molar-refractivity contribution in [2.45, 2.75) is 25.7 Å². The smallest absolute Gasteiger partial charge is 0.114 e. The number of aromatic nitrogens is 2. The quantitative estimate of drug-likeness (QED) is 0.897. The van der Waals surface area contributed by atoms with Crippen molar-refractivity contribution in [3.05, 3.63) is 30.4 Å². The first-order valence-electron chi connectivity index (χ1n) is 6.77. The van der Waals surface area contributed by atoms with Gasteiger partial charge in [-0.15, -0.1) is 0 Å². The Bertz CT molecular complexity index is 526. The predicted octanol–water partition coefficient (Wildman–Crippen LogP) is 1.94. The number of imidazole rings is 1. The molecule has 0 aromatic carbocycles. The van der Waals surface area contributed by atoms with Crippen molar-refractivity contribution in [1.29, 1.82) is 0 Å². The number of nitrogens with zero attached hydrogens (tertiary/aromatic N) is 3. The van der Waals surface area contributed by atoms with E-state index in [4.69, 9.17) is 5.73 Å². The second-order valence-corrected chi connectivity index (χ2v) is 5.08. The summed E-state index contributed by atoms with van der Waals surface area (Å²) in [6, 6.07) is 3.94. The van der Waals surface area contributed by atoms with Crippen LogP contribution in [0, 0.1) is 0 Å². The van der Waals surface area contributed by atoms with Crippen molar-refractivity contribution in [2.75, 3.05) is 25.4 Å². The number of rotatable bonds is 3. The van der Waals surface area contributed by atoms with Gasteiger partial charge in [-0.25, -0.2) is 4.98 Å². The molecule has 4 nitrogen and oxygen atoms in total. The van der Waals surface area contributed by atoms with E-state index in [1.807, 2.05) is 24.5 Å². The minimum absolute atomic E-state index is 0.791. The second-order valence-electron chi connectivity index (χ2n) is 5.08. The second kappa shape index (κ2) is 4.98. The van der Waals surface area contributed by atoms with E-state index >= 15 is 0 Å². The standard InChI is InChI=1S/C14H20N4/c15-12-4-5-13-10-16-14(18(13)11-12)6-9-17-7-2-1-3-8-17/h4-5,10-11H,1-3,6-9,15H2. The molecule has 0 aliphatic carbocycles. The van der Waals surface area contributed by atoms with Gasteiger partial charge >= 0.3 is 0 Å². The van der Waals surface area contributed by atoms with Gasteiger partial charge < -0.3 is 15.0 Å². The highest BCUT2D eigenvalue weighted by atomic mass is 15.1. The topological polar surface area (TPSA) is 46.6 Å². The molecule has 3 rings (SSSR count). The molecule has 2 aromatic rings. The van der Waals surface area contributed by atoms with Gasteiger partial charge in [0.1, 0.15) is 5.82 Å². The van der Waals surface area contributed by atoms with E-state index in [0.717, 1.165) is 30.0 Å². The summed E-state index contributed by atoms with van der Waals surface area (Å²) in [5.41, 5.74) is 7.75. The average molecular weight is 244 g/mol. The zero-order valence-corrected chi connectivity index (χ0v) is 10.7. The highest BCUT2D eigenvalue weighted by Crippen LogP contribution is 2.13. The molecule has 1 saturated heterocycles. The fourth-order valence-corrected chi connectivity index (χ4v) is 2.69. The number of likely N-dealkylation sites (tertiary alicyclic amines) is 1. The Hall–Kier alpha value is -1.55. The molecule has 0 amide bonds. The summed E-state index contributed by atoms with van der Waals surface area (Å²) in [6.45, 7) is 3.59. The van der Waals surface area contributed by atoms with Gasteiger partial charge in [0.2, 0.25) is 0 Å². The number of piperidine rings is 1. The van der Waals surface area contributed by atoms with E-state index in [9.17, 15) is 0 Å². The molecular formula is C14H20N4. The largest absolute Gasteiger partial charge is 0.398 e. The lowest BCUT2D eigenvalue weighted by molar-refractivity contribution is 0.230. The van der Waals surface area contributed by atoms with E-state index in [0.29, 0.717) is 0 Å². The third-order valence-corrected chi connectivity index (χ3v) is 3.73. The van der Waals surface area contributed by atoms with E-state index in [2.05, 4.69) is 14.3 Å². The molecule has 0 radical (unpaired) electrons. The van der Waals surface area contributed by atoms with Crippen molar-refractivity contribution in [3.63, 3.8) is 0 Å². The Morgan fingerprint density at radius 1 is 1.17 bits per heavy atom. The van der Waals surface area contributed by atoms with Gasteiger partial charge in [-0.1, -0.05) is 6.42 Å². The Morgan fingerprint density at radius 2 is 2.00 bits per heavy atom. The number of pyridine rings is 1. The number of hydrogen-bond donors (Lipinski definition) is 1. The molecule has 18 heavy (non-hydrogen) atoms. The summed E-state index contributed by atoms with van der Waals surface area (Å²) in [5, 5.41) is 0. The van der Waals surface area contributed by atoms with E-state index in [1.54, 1.807) is 0 Å². The Balaban J connectivity index is 1.72. The summed E-state index contributed by atoms with van der Waals surface area (Å²) < 4.78 is 2.11. The first kappa shape index (κ1) is 11.5. The molecule has 1 aliphatic rings. The van der Waals surface area contributed by atoms with Gasteiger partial charge in [0, 0.05) is 24.8 Å². The number of anilines is 1. The molecule has 4 heteroatoms. The Labute approximate surface area is 107 Å². The number of hydrogen-bond acceptors (Lipinski definition) is 3. The lowest BCUT2D eigenvalue weighted by Crippen LogP contribution is -2.31. The molecule has 2 aromatic heterocycles. The summed E-state index contributed by atoms with van der Waals surface area (Å²) in [6.07, 6.45) is 8.96. The minimum Gasteiger partial charge on any atom is -0.398 e. The molecule has 1 aliphatic heterocycles. The first-order chi connectivity index (χ1) is 8.83. The maximum Gasteiger partial charge on any atom is 0.114 e. The summed E-state index contributed by atoms with van der Waals surface area (Å²) in [7, 11) is 0. The third kappa shape index (κ3) is 2.34. The van der Waals surface area contributed by atoms with Crippen LogP contribution in [0.4, 0.5) is 5.69 Å². The van der Waals surface area contributed by atoms with Crippen LogP contribution < -0.4 is 5.73 Å². The van der Waals surface area contributed by atoms with Gasteiger partial charge in [-0.2, -0.15) is 0 Å². The molecule has 1 fully saturated rings. The molecule has 0 unspecified atom stereocenters. The van der Waals surface area contributed by atoms with Gasteiger partial charge in [-0.3, -0.25) is 0 Å². The van der Waals surface area contributed by atoms with Gasteiger partial charge in [0.25, 0.3) is 0 Å². The van der Waals surface area contributed by atoms with Crippen molar-refractivity contribution in [1.82, 2.24) is 14.3 Å². The van der Waals surface area contributed by atoms with Gasteiger partial charge in [-0.05, 0) is 38.1 Å². The van der Waals surface area contributed by atoms with Crippen LogP contribution in [0.25, 0.3) is 5.52 Å². The normalized spacial score (nSPS) is 17.3. The highest BCUT2D eigenvalue weighted by Gasteiger charge is 2.11. The predicted molar refractivity (Wildman–Crippen MR) is 73.6 cm³/mol. The summed E-state index contributed by atoms with van der Waals surface area (Å²) in [4.78, 5) is 7.04. The van der Waals surface area contributed by atoms with E-state index in [-0.39, 0.29) is 0 Å². The maximum atomic E-state index is 5.83. The fourth-order valence-electron chi connectivity index (χ4n) is 2.69. The molecule has 0 bridgehead atoms. The molecule has 0 saturated carbocycles. The Kier molecular flexibility index (Phi) is 3.19. The number of nitrogen functional groups attached to an aromatic ring is 1. The number of fused-ring (bicyclic) bond motifs is 1. The van der Waals surface area contributed by atoms with Crippen LogP contribution in [0.15, 0.2) is 24.5 Å². The highest BCUT2D eigenvalue weighted by molar-refractivity contribution is 5.52. The van der Waals surface area contributed by atoms with Crippen LogP contribution in [0.3, 0.4) is 0 Å². The van der Waals surface area contributed by atoms with Crippen molar-refractivity contribution in [2.24, 2.45) is 0 Å². The maximum absolute atomic E-state index is 5.83. The van der Waals surface area contributed by atoms with Crippen LogP contribution in [0.2, 0.25) is 0 Å². The first-order valence-corrected chi connectivity index (χ1v) is 6.77. The minimum atomic E-state index is 0.791. The SMILES string of the molecule is Nc1ccc2cnc(CCN3CCCCC3)n2c1. The van der Waals surface area contributed by atoms with E-state index < -0.39 is 0 Å². The molecule has 96 valence electrons. The molecule has 2 N–H and O–H groups in total. The van der Waals surface area contributed by atoms with Crippen LogP contribution in [0.1, 0.15) is 25.1 Å². The van der Waals surface area contributed by atoms with Crippen LogP contribution in [-0.2, 0) is 6.42 Å². The van der Waals surface area contributed by atoms with E-state index in [1.165, 1.54) is 32.4 Å². The van der Waals surface area contributed by atoms with Gasteiger partial charge in [0.15, 0.2) is 0 Å². The monoisotopic (exact) mass is 244 g/mol. The van der Waals surface area contributed by atoms with Gasteiger partial charge in [0.05, 0.1) is 11.7 Å². The van der Waals surface area contributed by atoms with Crippen LogP contribution in [0.5, 0.6) is 0 Å². The average Bonchev–Trinajstić information content (AvgIpc) is 2.80. The lowest BCUT2D eigenvalue weighted by atomic mass is 10.1. The summed E-state index contributed by atoms with van der Waals surface area (Å²) >= 11 is 0. The van der Waals surface area contributed by atoms with Crippen molar-refractivity contribution < 1.29 is 0 Å². The molecule has 0 atom stereocenters. The zero-order chi connectivity index (χ0) is 12.4. The fraction of sp³-hybridized carbons (Fsp3) is 0.500. The molecule has 3 heterocycles. The van der Waals surface area contributed by atoms with Crippen molar-refractivity contribution in [3.8, 4) is 0 Å². The zero-order valence-electron chi connectivity index (χ0n) is 10.7.